The van der Waals surface area contributed by atoms with Crippen molar-refractivity contribution >= 4 is 5.91 Å². The molecule has 1 aliphatic rings. The van der Waals surface area contributed by atoms with E-state index in [1.807, 2.05) is 41.3 Å². The normalized spacial score (nSPS) is 15.7. The van der Waals surface area contributed by atoms with Crippen LogP contribution >= 0.6 is 0 Å². The van der Waals surface area contributed by atoms with E-state index in [1.54, 1.807) is 14.2 Å². The fourth-order valence-electron chi connectivity index (χ4n) is 4.07. The van der Waals surface area contributed by atoms with E-state index in [-0.39, 0.29) is 5.91 Å². The zero-order valence-electron chi connectivity index (χ0n) is 19.6. The first-order chi connectivity index (χ1) is 15.6. The van der Waals surface area contributed by atoms with Crippen molar-refractivity contribution in [2.75, 3.05) is 54.1 Å². The number of carbonyl (C=O) groups is 1. The van der Waals surface area contributed by atoms with Gasteiger partial charge in [0.2, 0.25) is 5.91 Å². The molecule has 1 heterocycles. The molecule has 0 radical (unpaired) electrons. The SMILES string of the molecule is COc1ccc(CC(=O)N(CCc2ccccc2)CCN(C)CC2CCCO2)cc1OC. The first-order valence-corrected chi connectivity index (χ1v) is 11.4. The molecule has 0 aromatic heterocycles. The van der Waals surface area contributed by atoms with Gasteiger partial charge in [-0.3, -0.25) is 4.79 Å². The molecule has 6 heteroatoms. The van der Waals surface area contributed by atoms with Gasteiger partial charge in [0.05, 0.1) is 26.7 Å². The highest BCUT2D eigenvalue weighted by Crippen LogP contribution is 2.27. The molecule has 1 unspecified atom stereocenters. The number of rotatable bonds is 12. The fourth-order valence-corrected chi connectivity index (χ4v) is 4.07. The third-order valence-electron chi connectivity index (χ3n) is 5.96. The Bertz CT molecular complexity index is 837. The lowest BCUT2D eigenvalue weighted by Crippen LogP contribution is -2.41. The van der Waals surface area contributed by atoms with Gasteiger partial charge in [0.25, 0.3) is 0 Å². The average Bonchev–Trinajstić information content (AvgIpc) is 3.32. The van der Waals surface area contributed by atoms with Crippen LogP contribution in [-0.2, 0) is 22.4 Å². The number of carbonyl (C=O) groups excluding carboxylic acids is 1. The largest absolute Gasteiger partial charge is 0.493 e. The van der Waals surface area contributed by atoms with E-state index in [2.05, 4.69) is 24.1 Å². The third-order valence-corrected chi connectivity index (χ3v) is 5.96. The van der Waals surface area contributed by atoms with Crippen LogP contribution in [0.4, 0.5) is 0 Å². The number of nitrogens with zero attached hydrogens (tertiary/aromatic N) is 2. The number of methoxy groups -OCH3 is 2. The van der Waals surface area contributed by atoms with Crippen molar-refractivity contribution in [1.29, 1.82) is 0 Å². The molecule has 2 aromatic rings. The fraction of sp³-hybridized carbons (Fsp3) is 0.500. The van der Waals surface area contributed by atoms with Crippen molar-refractivity contribution in [3.63, 3.8) is 0 Å². The molecule has 0 bridgehead atoms. The Kier molecular flexibility index (Phi) is 9.38. The lowest BCUT2D eigenvalue weighted by Gasteiger charge is -2.27. The second-order valence-corrected chi connectivity index (χ2v) is 8.38. The zero-order valence-corrected chi connectivity index (χ0v) is 19.6. The molecule has 1 fully saturated rings. The van der Waals surface area contributed by atoms with E-state index >= 15 is 0 Å². The molecule has 6 nitrogen and oxygen atoms in total. The van der Waals surface area contributed by atoms with Gasteiger partial charge in [0, 0.05) is 32.8 Å². The molecule has 1 amide bonds. The van der Waals surface area contributed by atoms with Crippen molar-refractivity contribution in [2.24, 2.45) is 0 Å². The van der Waals surface area contributed by atoms with Crippen molar-refractivity contribution in [1.82, 2.24) is 9.80 Å². The number of ether oxygens (including phenoxy) is 3. The van der Waals surface area contributed by atoms with Gasteiger partial charge in [-0.2, -0.15) is 0 Å². The topological polar surface area (TPSA) is 51.2 Å². The Hall–Kier alpha value is -2.57. The Morgan fingerprint density at radius 3 is 2.47 bits per heavy atom. The van der Waals surface area contributed by atoms with E-state index in [1.165, 1.54) is 5.56 Å². The first-order valence-electron chi connectivity index (χ1n) is 11.4. The zero-order chi connectivity index (χ0) is 22.8. The van der Waals surface area contributed by atoms with Crippen LogP contribution in [0.1, 0.15) is 24.0 Å². The number of benzene rings is 2. The van der Waals surface area contributed by atoms with Gasteiger partial charge in [0.1, 0.15) is 0 Å². The van der Waals surface area contributed by atoms with E-state index < -0.39 is 0 Å². The molecule has 0 spiro atoms. The van der Waals surface area contributed by atoms with Crippen molar-refractivity contribution < 1.29 is 19.0 Å². The molecule has 0 saturated carbocycles. The lowest BCUT2D eigenvalue weighted by atomic mass is 10.1. The summed E-state index contributed by atoms with van der Waals surface area (Å²) in [6.07, 6.45) is 3.77. The Labute approximate surface area is 192 Å². The smallest absolute Gasteiger partial charge is 0.227 e. The Morgan fingerprint density at radius 2 is 1.78 bits per heavy atom. The summed E-state index contributed by atoms with van der Waals surface area (Å²) in [5, 5.41) is 0. The summed E-state index contributed by atoms with van der Waals surface area (Å²) in [5.41, 5.74) is 2.16. The van der Waals surface area contributed by atoms with E-state index in [4.69, 9.17) is 14.2 Å². The summed E-state index contributed by atoms with van der Waals surface area (Å²) in [6.45, 7) is 4.00. The van der Waals surface area contributed by atoms with Crippen LogP contribution in [0.3, 0.4) is 0 Å². The summed E-state index contributed by atoms with van der Waals surface area (Å²) in [5.74, 6) is 1.43. The van der Waals surface area contributed by atoms with Crippen LogP contribution in [-0.4, -0.2) is 75.9 Å². The van der Waals surface area contributed by atoms with Gasteiger partial charge in [-0.15, -0.1) is 0 Å². The Morgan fingerprint density at radius 1 is 1.00 bits per heavy atom. The molecular formula is C26H36N2O4. The summed E-state index contributed by atoms with van der Waals surface area (Å²) in [6, 6.07) is 16.0. The van der Waals surface area contributed by atoms with Crippen molar-refractivity contribution in [2.45, 2.75) is 31.8 Å². The van der Waals surface area contributed by atoms with Crippen molar-refractivity contribution in [3.05, 3.63) is 59.7 Å². The molecule has 174 valence electrons. The molecule has 2 aromatic carbocycles. The van der Waals surface area contributed by atoms with Crippen LogP contribution in [0.2, 0.25) is 0 Å². The predicted molar refractivity (Wildman–Crippen MR) is 126 cm³/mol. The molecule has 1 aliphatic heterocycles. The lowest BCUT2D eigenvalue weighted by molar-refractivity contribution is -0.130. The van der Waals surface area contributed by atoms with Crippen LogP contribution in [0.25, 0.3) is 0 Å². The number of hydrogen-bond acceptors (Lipinski definition) is 5. The molecule has 0 aliphatic carbocycles. The van der Waals surface area contributed by atoms with Gasteiger partial charge in [-0.1, -0.05) is 36.4 Å². The Balaban J connectivity index is 1.62. The van der Waals surface area contributed by atoms with E-state index in [0.29, 0.717) is 37.1 Å². The maximum Gasteiger partial charge on any atom is 0.227 e. The van der Waals surface area contributed by atoms with Gasteiger partial charge < -0.3 is 24.0 Å². The van der Waals surface area contributed by atoms with Gasteiger partial charge >= 0.3 is 0 Å². The molecule has 0 N–H and O–H groups in total. The van der Waals surface area contributed by atoms with E-state index in [9.17, 15) is 4.79 Å². The maximum absolute atomic E-state index is 13.3. The quantitative estimate of drug-likeness (QED) is 0.506. The number of likely N-dealkylation sites (N-methyl/N-ethyl adjacent to an activating group) is 1. The summed E-state index contributed by atoms with van der Waals surface area (Å²) in [4.78, 5) is 17.5. The van der Waals surface area contributed by atoms with Gasteiger partial charge in [-0.05, 0) is 49.6 Å². The molecule has 3 rings (SSSR count). The monoisotopic (exact) mass is 440 g/mol. The summed E-state index contributed by atoms with van der Waals surface area (Å²) >= 11 is 0. The summed E-state index contributed by atoms with van der Waals surface area (Å²) < 4.78 is 16.5. The molecular weight excluding hydrogens is 404 g/mol. The molecule has 1 saturated heterocycles. The maximum atomic E-state index is 13.3. The molecule has 32 heavy (non-hydrogen) atoms. The molecule has 1 atom stereocenters. The average molecular weight is 441 g/mol. The highest BCUT2D eigenvalue weighted by Gasteiger charge is 2.19. The highest BCUT2D eigenvalue weighted by molar-refractivity contribution is 5.79. The second-order valence-electron chi connectivity index (χ2n) is 8.38. The van der Waals surface area contributed by atoms with E-state index in [0.717, 1.165) is 44.5 Å². The van der Waals surface area contributed by atoms with Gasteiger partial charge in [-0.25, -0.2) is 0 Å². The second kappa shape index (κ2) is 12.5. The predicted octanol–water partition coefficient (Wildman–Crippen LogP) is 3.43. The van der Waals surface area contributed by atoms with Crippen LogP contribution in [0.15, 0.2) is 48.5 Å². The van der Waals surface area contributed by atoms with Crippen LogP contribution in [0.5, 0.6) is 11.5 Å². The van der Waals surface area contributed by atoms with Crippen LogP contribution < -0.4 is 9.47 Å². The minimum Gasteiger partial charge on any atom is -0.493 e. The van der Waals surface area contributed by atoms with Crippen LogP contribution in [0, 0.1) is 0 Å². The minimum atomic E-state index is 0.124. The highest BCUT2D eigenvalue weighted by atomic mass is 16.5. The minimum absolute atomic E-state index is 0.124. The van der Waals surface area contributed by atoms with Crippen molar-refractivity contribution in [3.8, 4) is 11.5 Å². The number of hydrogen-bond donors (Lipinski definition) is 0. The summed E-state index contributed by atoms with van der Waals surface area (Å²) in [7, 11) is 5.33. The standard InChI is InChI=1S/C26H36N2O4/c1-27(20-23-10-7-17-32-23)15-16-28(14-13-21-8-5-4-6-9-21)26(29)19-22-11-12-24(30-2)25(18-22)31-3/h4-6,8-9,11-12,18,23H,7,10,13-17,19-20H2,1-3H3. The third kappa shape index (κ3) is 7.24. The number of amides is 1. The first kappa shape index (κ1) is 24.1. The van der Waals surface area contributed by atoms with Gasteiger partial charge in [0.15, 0.2) is 11.5 Å².